The molecule has 0 spiro atoms. The van der Waals surface area contributed by atoms with E-state index in [-0.39, 0.29) is 5.56 Å². The number of nitrogens with one attached hydrogen (secondary N) is 1. The number of hydrogen-bond donors (Lipinski definition) is 1. The first kappa shape index (κ1) is 15.7. The van der Waals surface area contributed by atoms with Crippen molar-refractivity contribution < 1.29 is 13.2 Å². The second kappa shape index (κ2) is 5.98. The minimum atomic E-state index is -3.39. The van der Waals surface area contributed by atoms with Crippen molar-refractivity contribution in [2.24, 2.45) is 4.99 Å². The minimum absolute atomic E-state index is 0.181. The maximum atomic E-state index is 12.0. The van der Waals surface area contributed by atoms with Gasteiger partial charge in [0.25, 0.3) is 5.56 Å². The van der Waals surface area contributed by atoms with Crippen LogP contribution in [0.25, 0.3) is 0 Å². The largest absolute Gasteiger partial charge is 0.385 e. The molecule has 0 aromatic carbocycles. The number of nitrogens with zero attached hydrogens (tertiary/aromatic N) is 2. The van der Waals surface area contributed by atoms with Gasteiger partial charge in [0.1, 0.15) is 5.82 Å². The first-order valence-electron chi connectivity index (χ1n) is 6.57. The number of aromatic nitrogens is 1. The third-order valence-electron chi connectivity index (χ3n) is 3.28. The van der Waals surface area contributed by atoms with Crippen molar-refractivity contribution in [1.82, 2.24) is 4.57 Å². The lowest BCUT2D eigenvalue weighted by atomic mass is 10.1. The van der Waals surface area contributed by atoms with E-state index < -0.39 is 15.3 Å². The van der Waals surface area contributed by atoms with Crippen molar-refractivity contribution in [1.29, 1.82) is 0 Å². The molecule has 1 atom stereocenters. The van der Waals surface area contributed by atoms with E-state index in [1.54, 1.807) is 20.1 Å². The average Bonchev–Trinajstić information content (AvgIpc) is 2.40. The molecular weight excluding hydrogens is 294 g/mol. The number of hydrogen-bond acceptors (Lipinski definition) is 6. The van der Waals surface area contributed by atoms with Gasteiger partial charge in [-0.05, 0) is 19.4 Å². The second-order valence-corrected chi connectivity index (χ2v) is 7.08. The van der Waals surface area contributed by atoms with Crippen LogP contribution in [0.1, 0.15) is 18.9 Å². The Labute approximate surface area is 123 Å². The third kappa shape index (κ3) is 3.33. The summed E-state index contributed by atoms with van der Waals surface area (Å²) in [5.74, 6) is 0.501. The van der Waals surface area contributed by atoms with Gasteiger partial charge in [-0.3, -0.25) is 9.36 Å². The number of methoxy groups -OCH3 is 1. The molecule has 1 aliphatic heterocycles. The molecule has 0 aliphatic carbocycles. The summed E-state index contributed by atoms with van der Waals surface area (Å²) < 4.78 is 30.0. The van der Waals surface area contributed by atoms with Crippen LogP contribution in [-0.4, -0.2) is 44.2 Å². The molecule has 2 heterocycles. The van der Waals surface area contributed by atoms with E-state index in [0.29, 0.717) is 31.1 Å². The fraction of sp³-hybridized carbons (Fsp3) is 0.538. The van der Waals surface area contributed by atoms with E-state index in [2.05, 4.69) is 10.3 Å². The number of fused-ring (bicyclic) bond motifs is 1. The molecule has 7 nitrogen and oxygen atoms in total. The SMILES string of the molecule is COCCCn1c2c(ccc1=O)C(C)=NC(S(C)(=O)=O)N2. The van der Waals surface area contributed by atoms with Crippen LogP contribution in [0.4, 0.5) is 5.82 Å². The van der Waals surface area contributed by atoms with Crippen molar-refractivity contribution in [3.63, 3.8) is 0 Å². The Morgan fingerprint density at radius 2 is 2.14 bits per heavy atom. The summed E-state index contributed by atoms with van der Waals surface area (Å²) in [5, 5.41) is 2.85. The quantitative estimate of drug-likeness (QED) is 0.797. The van der Waals surface area contributed by atoms with Gasteiger partial charge in [0, 0.05) is 43.9 Å². The zero-order chi connectivity index (χ0) is 15.6. The van der Waals surface area contributed by atoms with Gasteiger partial charge in [0.05, 0.1) is 0 Å². The summed E-state index contributed by atoms with van der Waals surface area (Å²) in [6.45, 7) is 2.72. The maximum absolute atomic E-state index is 12.0. The summed E-state index contributed by atoms with van der Waals surface area (Å²) in [6.07, 6.45) is 1.77. The molecule has 0 fully saturated rings. The lowest BCUT2D eigenvalue weighted by molar-refractivity contribution is 0.190. The summed E-state index contributed by atoms with van der Waals surface area (Å²) in [7, 11) is -1.80. The first-order valence-corrected chi connectivity index (χ1v) is 8.53. The van der Waals surface area contributed by atoms with E-state index in [0.717, 1.165) is 11.8 Å². The lowest BCUT2D eigenvalue weighted by Crippen LogP contribution is -2.36. The Morgan fingerprint density at radius 1 is 1.43 bits per heavy atom. The number of ether oxygens (including phenoxy) is 1. The smallest absolute Gasteiger partial charge is 0.252 e. The molecule has 0 radical (unpaired) electrons. The van der Waals surface area contributed by atoms with E-state index in [1.165, 1.54) is 10.6 Å². The zero-order valence-corrected chi connectivity index (χ0v) is 13.1. The highest BCUT2D eigenvalue weighted by atomic mass is 32.2. The normalized spacial score (nSPS) is 17.9. The lowest BCUT2D eigenvalue weighted by Gasteiger charge is -2.26. The van der Waals surface area contributed by atoms with E-state index in [1.807, 2.05) is 0 Å². The number of pyridine rings is 1. The molecule has 0 saturated heterocycles. The van der Waals surface area contributed by atoms with Crippen molar-refractivity contribution in [3.8, 4) is 0 Å². The van der Waals surface area contributed by atoms with Crippen molar-refractivity contribution in [2.75, 3.05) is 25.3 Å². The van der Waals surface area contributed by atoms with Crippen LogP contribution in [0.15, 0.2) is 21.9 Å². The predicted octanol–water partition coefficient (Wildman–Crippen LogP) is 0.447. The monoisotopic (exact) mass is 313 g/mol. The molecule has 0 saturated carbocycles. The number of sulfone groups is 1. The Hall–Kier alpha value is -1.67. The van der Waals surface area contributed by atoms with Crippen molar-refractivity contribution >= 4 is 21.4 Å². The van der Waals surface area contributed by atoms with Crippen molar-refractivity contribution in [3.05, 3.63) is 28.0 Å². The summed E-state index contributed by atoms with van der Waals surface area (Å²) >= 11 is 0. The molecule has 8 heteroatoms. The fourth-order valence-corrected chi connectivity index (χ4v) is 2.89. The first-order chi connectivity index (χ1) is 9.84. The summed E-state index contributed by atoms with van der Waals surface area (Å²) in [5.41, 5.74) is 0.103. The van der Waals surface area contributed by atoms with Crippen LogP contribution in [0.2, 0.25) is 0 Å². The molecular formula is C13H19N3O4S. The van der Waals surface area contributed by atoms with Gasteiger partial charge in [-0.15, -0.1) is 0 Å². The van der Waals surface area contributed by atoms with Crippen LogP contribution in [0.3, 0.4) is 0 Å². The number of aliphatic imine (C=N–C) groups is 1. The molecule has 0 bridgehead atoms. The Morgan fingerprint density at radius 3 is 2.76 bits per heavy atom. The van der Waals surface area contributed by atoms with Crippen LogP contribution >= 0.6 is 0 Å². The second-order valence-electron chi connectivity index (χ2n) is 4.97. The van der Waals surface area contributed by atoms with Gasteiger partial charge in [-0.25, -0.2) is 13.4 Å². The Kier molecular flexibility index (Phi) is 4.48. The molecule has 2 rings (SSSR count). The highest BCUT2D eigenvalue weighted by Gasteiger charge is 2.27. The van der Waals surface area contributed by atoms with Gasteiger partial charge in [-0.1, -0.05) is 0 Å². The van der Waals surface area contributed by atoms with Gasteiger partial charge in [0.2, 0.25) is 5.50 Å². The molecule has 21 heavy (non-hydrogen) atoms. The Bertz CT molecular complexity index is 721. The Balaban J connectivity index is 2.46. The molecule has 1 N–H and O–H groups in total. The maximum Gasteiger partial charge on any atom is 0.252 e. The van der Waals surface area contributed by atoms with Gasteiger partial charge in [-0.2, -0.15) is 0 Å². The summed E-state index contributed by atoms with van der Waals surface area (Å²) in [6, 6.07) is 3.13. The number of rotatable bonds is 5. The highest BCUT2D eigenvalue weighted by Crippen LogP contribution is 2.23. The van der Waals surface area contributed by atoms with Crippen LogP contribution < -0.4 is 10.9 Å². The highest BCUT2D eigenvalue weighted by molar-refractivity contribution is 7.91. The van der Waals surface area contributed by atoms with Gasteiger partial charge >= 0.3 is 0 Å². The molecule has 1 unspecified atom stereocenters. The van der Waals surface area contributed by atoms with Crippen molar-refractivity contribution in [2.45, 2.75) is 25.4 Å². The van der Waals surface area contributed by atoms with Crippen LogP contribution in [-0.2, 0) is 21.1 Å². The van der Waals surface area contributed by atoms with Crippen LogP contribution in [0.5, 0.6) is 0 Å². The van der Waals surface area contributed by atoms with Gasteiger partial charge < -0.3 is 10.1 Å². The molecule has 1 aromatic heterocycles. The molecule has 0 amide bonds. The average molecular weight is 313 g/mol. The third-order valence-corrected chi connectivity index (χ3v) is 4.31. The summed E-state index contributed by atoms with van der Waals surface area (Å²) in [4.78, 5) is 16.2. The zero-order valence-electron chi connectivity index (χ0n) is 12.3. The van der Waals surface area contributed by atoms with Gasteiger partial charge in [0.15, 0.2) is 9.84 Å². The number of anilines is 1. The van der Waals surface area contributed by atoms with E-state index in [4.69, 9.17) is 4.74 Å². The van der Waals surface area contributed by atoms with Crippen LogP contribution in [0, 0.1) is 0 Å². The predicted molar refractivity (Wildman–Crippen MR) is 81.7 cm³/mol. The topological polar surface area (TPSA) is 89.8 Å². The molecule has 116 valence electrons. The standard InChI is InChI=1S/C13H19N3O4S/c1-9-10-5-6-11(17)16(7-4-8-20-2)12(10)15-13(14-9)21(3,18)19/h5-6,13,15H,4,7-8H2,1-3H3. The fourth-order valence-electron chi connectivity index (χ4n) is 2.21. The molecule has 1 aliphatic rings. The van der Waals surface area contributed by atoms with E-state index >= 15 is 0 Å². The van der Waals surface area contributed by atoms with E-state index in [9.17, 15) is 13.2 Å². The molecule has 1 aromatic rings. The minimum Gasteiger partial charge on any atom is -0.385 e.